The molecule has 0 bridgehead atoms. The number of ether oxygens (including phenoxy) is 1. The summed E-state index contributed by atoms with van der Waals surface area (Å²) >= 11 is 0. The quantitative estimate of drug-likeness (QED) is 0.701. The zero-order valence-corrected chi connectivity index (χ0v) is 10.5. The number of morpholine rings is 1. The molecule has 2 atom stereocenters. The molecule has 16 heavy (non-hydrogen) atoms. The van der Waals surface area contributed by atoms with Gasteiger partial charge in [-0.25, -0.2) is 8.42 Å². The van der Waals surface area contributed by atoms with Crippen molar-refractivity contribution in [3.63, 3.8) is 0 Å². The van der Waals surface area contributed by atoms with E-state index in [1.807, 2.05) is 7.05 Å². The van der Waals surface area contributed by atoms with Crippen LogP contribution >= 0.6 is 0 Å². The molecule has 2 rings (SSSR count). The number of rotatable bonds is 3. The number of nitrogens with one attached hydrogen (secondary N) is 1. The highest BCUT2D eigenvalue weighted by Gasteiger charge is 2.36. The van der Waals surface area contributed by atoms with E-state index in [2.05, 4.69) is 10.2 Å². The van der Waals surface area contributed by atoms with Crippen molar-refractivity contribution in [2.24, 2.45) is 0 Å². The van der Waals surface area contributed by atoms with Gasteiger partial charge in [0, 0.05) is 25.2 Å². The van der Waals surface area contributed by atoms with E-state index >= 15 is 0 Å². The van der Waals surface area contributed by atoms with Gasteiger partial charge < -0.3 is 10.1 Å². The summed E-state index contributed by atoms with van der Waals surface area (Å²) in [5.41, 5.74) is 0. The minimum absolute atomic E-state index is 0.201. The first-order valence-electron chi connectivity index (χ1n) is 5.81. The first kappa shape index (κ1) is 12.3. The van der Waals surface area contributed by atoms with Crippen LogP contribution in [0.1, 0.15) is 6.42 Å². The maximum Gasteiger partial charge on any atom is 0.151 e. The van der Waals surface area contributed by atoms with Crippen LogP contribution in [0, 0.1) is 0 Å². The van der Waals surface area contributed by atoms with E-state index in [4.69, 9.17) is 4.74 Å². The van der Waals surface area contributed by atoms with E-state index in [1.54, 1.807) is 0 Å². The molecule has 0 saturated carbocycles. The van der Waals surface area contributed by atoms with Crippen molar-refractivity contribution in [1.82, 2.24) is 10.2 Å². The van der Waals surface area contributed by atoms with Gasteiger partial charge in [0.05, 0.1) is 24.7 Å². The Bertz CT molecular complexity index is 329. The zero-order chi connectivity index (χ0) is 11.6. The molecule has 2 unspecified atom stereocenters. The number of likely N-dealkylation sites (N-methyl/N-ethyl adjacent to an activating group) is 1. The standard InChI is InChI=1S/C10H20N2O3S/c1-11-6-10-7-15-4-3-12(10)9-2-5-16(13,14)8-9/h9-11H,2-8H2,1H3. The summed E-state index contributed by atoms with van der Waals surface area (Å²) in [6.07, 6.45) is 0.780. The van der Waals surface area contributed by atoms with Crippen molar-refractivity contribution in [3.05, 3.63) is 0 Å². The topological polar surface area (TPSA) is 58.6 Å². The molecule has 2 aliphatic heterocycles. The Hall–Kier alpha value is -0.170. The lowest BCUT2D eigenvalue weighted by Gasteiger charge is -2.39. The molecular weight excluding hydrogens is 228 g/mol. The number of hydrogen-bond donors (Lipinski definition) is 1. The summed E-state index contributed by atoms with van der Waals surface area (Å²) in [5, 5.41) is 3.14. The van der Waals surface area contributed by atoms with Crippen molar-refractivity contribution >= 4 is 9.84 Å². The maximum absolute atomic E-state index is 11.5. The normalized spacial score (nSPS) is 35.3. The monoisotopic (exact) mass is 248 g/mol. The average Bonchev–Trinajstić information content (AvgIpc) is 2.60. The van der Waals surface area contributed by atoms with Gasteiger partial charge in [-0.15, -0.1) is 0 Å². The molecule has 1 N–H and O–H groups in total. The minimum atomic E-state index is -2.79. The number of nitrogens with zero attached hydrogens (tertiary/aromatic N) is 1. The Morgan fingerprint density at radius 2 is 2.31 bits per heavy atom. The van der Waals surface area contributed by atoms with Gasteiger partial charge >= 0.3 is 0 Å². The molecule has 5 nitrogen and oxygen atoms in total. The van der Waals surface area contributed by atoms with E-state index in [9.17, 15) is 8.42 Å². The summed E-state index contributed by atoms with van der Waals surface area (Å²) in [6, 6.07) is 0.518. The van der Waals surface area contributed by atoms with Crippen LogP contribution in [-0.2, 0) is 14.6 Å². The zero-order valence-electron chi connectivity index (χ0n) is 9.68. The first-order valence-corrected chi connectivity index (χ1v) is 7.63. The van der Waals surface area contributed by atoms with Crippen LogP contribution in [0.2, 0.25) is 0 Å². The van der Waals surface area contributed by atoms with Crippen LogP contribution in [0.15, 0.2) is 0 Å². The first-order chi connectivity index (χ1) is 7.62. The molecule has 0 aliphatic carbocycles. The molecule has 94 valence electrons. The Kier molecular flexibility index (Phi) is 3.84. The van der Waals surface area contributed by atoms with Crippen LogP contribution in [0.25, 0.3) is 0 Å². The average molecular weight is 248 g/mol. The predicted molar refractivity (Wildman–Crippen MR) is 62.3 cm³/mol. The lowest BCUT2D eigenvalue weighted by atomic mass is 10.1. The number of hydrogen-bond acceptors (Lipinski definition) is 5. The molecular formula is C10H20N2O3S. The van der Waals surface area contributed by atoms with E-state index in [-0.39, 0.29) is 6.04 Å². The fraction of sp³-hybridized carbons (Fsp3) is 1.00. The molecule has 2 aliphatic rings. The molecule has 0 radical (unpaired) electrons. The van der Waals surface area contributed by atoms with Crippen LogP contribution < -0.4 is 5.32 Å². The predicted octanol–water partition coefficient (Wildman–Crippen LogP) is -0.906. The van der Waals surface area contributed by atoms with E-state index < -0.39 is 9.84 Å². The van der Waals surface area contributed by atoms with Gasteiger partial charge in [-0.3, -0.25) is 4.90 Å². The second kappa shape index (κ2) is 5.00. The van der Waals surface area contributed by atoms with Gasteiger partial charge in [-0.1, -0.05) is 0 Å². The SMILES string of the molecule is CNCC1COCCN1C1CCS(=O)(=O)C1. The molecule has 6 heteroatoms. The fourth-order valence-corrected chi connectivity index (χ4v) is 4.34. The van der Waals surface area contributed by atoms with Gasteiger partial charge in [-0.2, -0.15) is 0 Å². The summed E-state index contributed by atoms with van der Waals surface area (Å²) in [5.74, 6) is 0.675. The van der Waals surface area contributed by atoms with Crippen LogP contribution in [0.3, 0.4) is 0 Å². The molecule has 0 aromatic heterocycles. The molecule has 0 aromatic carbocycles. The van der Waals surface area contributed by atoms with Gasteiger partial charge in [0.25, 0.3) is 0 Å². The van der Waals surface area contributed by atoms with Crippen LogP contribution in [0.5, 0.6) is 0 Å². The Balaban J connectivity index is 2.00. The van der Waals surface area contributed by atoms with Crippen LogP contribution in [0.4, 0.5) is 0 Å². The lowest BCUT2D eigenvalue weighted by molar-refractivity contribution is -0.0227. The van der Waals surface area contributed by atoms with Crippen molar-refractivity contribution in [2.45, 2.75) is 18.5 Å². The third-order valence-electron chi connectivity index (χ3n) is 3.39. The second-order valence-electron chi connectivity index (χ2n) is 4.58. The highest BCUT2D eigenvalue weighted by atomic mass is 32.2. The smallest absolute Gasteiger partial charge is 0.151 e. The highest BCUT2D eigenvalue weighted by molar-refractivity contribution is 7.91. The second-order valence-corrected chi connectivity index (χ2v) is 6.81. The Morgan fingerprint density at radius 1 is 1.50 bits per heavy atom. The molecule has 2 heterocycles. The third kappa shape index (κ3) is 2.74. The number of sulfone groups is 1. The summed E-state index contributed by atoms with van der Waals surface area (Å²) in [6.45, 7) is 3.14. The highest BCUT2D eigenvalue weighted by Crippen LogP contribution is 2.21. The van der Waals surface area contributed by atoms with Crippen molar-refractivity contribution in [3.8, 4) is 0 Å². The minimum Gasteiger partial charge on any atom is -0.378 e. The van der Waals surface area contributed by atoms with Crippen LogP contribution in [-0.4, -0.2) is 70.3 Å². The molecule has 2 saturated heterocycles. The van der Waals surface area contributed by atoms with Crippen molar-refractivity contribution in [2.75, 3.05) is 44.9 Å². The Morgan fingerprint density at radius 3 is 2.94 bits per heavy atom. The largest absolute Gasteiger partial charge is 0.378 e. The van der Waals surface area contributed by atoms with Gasteiger partial charge in [-0.05, 0) is 13.5 Å². The maximum atomic E-state index is 11.5. The van der Waals surface area contributed by atoms with Crippen molar-refractivity contribution in [1.29, 1.82) is 0 Å². The molecule has 0 spiro atoms. The molecule has 2 fully saturated rings. The lowest BCUT2D eigenvalue weighted by Crippen LogP contribution is -2.54. The molecule has 0 aromatic rings. The summed E-state index contributed by atoms with van der Waals surface area (Å²) < 4.78 is 28.4. The summed E-state index contributed by atoms with van der Waals surface area (Å²) in [4.78, 5) is 2.31. The van der Waals surface area contributed by atoms with E-state index in [0.29, 0.717) is 24.2 Å². The van der Waals surface area contributed by atoms with E-state index in [1.165, 1.54) is 0 Å². The third-order valence-corrected chi connectivity index (χ3v) is 5.14. The summed E-state index contributed by atoms with van der Waals surface area (Å²) in [7, 11) is -0.871. The van der Waals surface area contributed by atoms with Gasteiger partial charge in [0.15, 0.2) is 9.84 Å². The van der Waals surface area contributed by atoms with E-state index in [0.717, 1.165) is 26.1 Å². The Labute approximate surface area is 97.1 Å². The van der Waals surface area contributed by atoms with Gasteiger partial charge in [0.2, 0.25) is 0 Å². The molecule has 0 amide bonds. The van der Waals surface area contributed by atoms with Gasteiger partial charge in [0.1, 0.15) is 0 Å². The fourth-order valence-electron chi connectivity index (χ4n) is 2.60. The van der Waals surface area contributed by atoms with Crippen molar-refractivity contribution < 1.29 is 13.2 Å².